The lowest BCUT2D eigenvalue weighted by molar-refractivity contribution is 0.0933. The molecule has 5 nitrogen and oxygen atoms in total. The Hall–Kier alpha value is -1.36. The van der Waals surface area contributed by atoms with E-state index in [1.165, 1.54) is 19.1 Å². The Kier molecular flexibility index (Phi) is 3.24. The van der Waals surface area contributed by atoms with Crippen LogP contribution in [0.5, 0.6) is 0 Å². The van der Waals surface area contributed by atoms with Crippen molar-refractivity contribution in [1.82, 2.24) is 10.3 Å². The number of hydrogen-bond acceptors (Lipinski definition) is 4. The van der Waals surface area contributed by atoms with Crippen LogP contribution < -0.4 is 11.1 Å². The summed E-state index contributed by atoms with van der Waals surface area (Å²) in [5, 5.41) is 2.95. The first kappa shape index (κ1) is 11.1. The molecule has 1 aliphatic rings. The third-order valence-corrected chi connectivity index (χ3v) is 2.83. The van der Waals surface area contributed by atoms with E-state index >= 15 is 0 Å². The molecule has 0 bridgehead atoms. The molecule has 5 heteroatoms. The van der Waals surface area contributed by atoms with Crippen molar-refractivity contribution in [2.45, 2.75) is 44.7 Å². The number of carbonyl (C=O) groups is 1. The van der Waals surface area contributed by atoms with Gasteiger partial charge in [0.25, 0.3) is 5.91 Å². The van der Waals surface area contributed by atoms with Crippen molar-refractivity contribution in [3.63, 3.8) is 0 Å². The molecular weight excluding hydrogens is 206 g/mol. The normalized spacial score (nSPS) is 18.6. The lowest BCUT2D eigenvalue weighted by atomic mass is 10.2. The monoisotopic (exact) mass is 223 g/mol. The van der Waals surface area contributed by atoms with E-state index in [-0.39, 0.29) is 11.9 Å². The largest absolute Gasteiger partial charge is 0.446 e. The molecule has 16 heavy (non-hydrogen) atoms. The number of nitrogens with zero attached hydrogens (tertiary/aromatic N) is 1. The van der Waals surface area contributed by atoms with E-state index in [9.17, 15) is 4.79 Å². The molecular formula is C11H17N3O2. The maximum absolute atomic E-state index is 11.8. The zero-order valence-electron chi connectivity index (χ0n) is 9.40. The second kappa shape index (κ2) is 4.65. The maximum Gasteiger partial charge on any atom is 0.273 e. The Labute approximate surface area is 94.4 Å². The van der Waals surface area contributed by atoms with Gasteiger partial charge in [0.2, 0.25) is 5.89 Å². The molecule has 1 saturated carbocycles. The zero-order valence-corrected chi connectivity index (χ0v) is 9.40. The van der Waals surface area contributed by atoms with Gasteiger partial charge >= 0.3 is 0 Å². The number of hydrogen-bond donors (Lipinski definition) is 2. The van der Waals surface area contributed by atoms with E-state index in [2.05, 4.69) is 10.3 Å². The highest BCUT2D eigenvalue weighted by molar-refractivity contribution is 5.92. The molecule has 1 atom stereocenters. The van der Waals surface area contributed by atoms with Crippen molar-refractivity contribution in [3.05, 3.63) is 17.8 Å². The van der Waals surface area contributed by atoms with Gasteiger partial charge in [0.1, 0.15) is 6.26 Å². The second-order valence-electron chi connectivity index (χ2n) is 4.31. The van der Waals surface area contributed by atoms with Crippen LogP contribution in [0.3, 0.4) is 0 Å². The van der Waals surface area contributed by atoms with Gasteiger partial charge in [-0.1, -0.05) is 12.8 Å². The molecule has 1 heterocycles. The number of oxazole rings is 1. The van der Waals surface area contributed by atoms with Gasteiger partial charge in [0.05, 0.1) is 6.04 Å². The molecule has 1 unspecified atom stereocenters. The Morgan fingerprint density at radius 2 is 2.31 bits per heavy atom. The second-order valence-corrected chi connectivity index (χ2v) is 4.31. The summed E-state index contributed by atoms with van der Waals surface area (Å²) in [5.74, 6) is 0.235. The molecule has 1 fully saturated rings. The van der Waals surface area contributed by atoms with Gasteiger partial charge in [-0.15, -0.1) is 0 Å². The van der Waals surface area contributed by atoms with Crippen LogP contribution >= 0.6 is 0 Å². The molecule has 0 radical (unpaired) electrons. The quantitative estimate of drug-likeness (QED) is 0.810. The van der Waals surface area contributed by atoms with Gasteiger partial charge < -0.3 is 15.5 Å². The topological polar surface area (TPSA) is 81.1 Å². The van der Waals surface area contributed by atoms with Crippen LogP contribution in [0.15, 0.2) is 10.7 Å². The Bertz CT molecular complexity index is 367. The molecule has 0 spiro atoms. The highest BCUT2D eigenvalue weighted by Gasteiger charge is 2.20. The number of nitrogens with one attached hydrogen (secondary N) is 1. The summed E-state index contributed by atoms with van der Waals surface area (Å²) in [6, 6.07) is 0.0102. The SMILES string of the molecule is CC(N)c1nc(C(=O)NC2CCCC2)co1. The van der Waals surface area contributed by atoms with E-state index in [0.29, 0.717) is 17.6 Å². The van der Waals surface area contributed by atoms with Crippen molar-refractivity contribution in [3.8, 4) is 0 Å². The molecule has 1 aromatic heterocycles. The van der Waals surface area contributed by atoms with Crippen LogP contribution in [-0.4, -0.2) is 16.9 Å². The molecule has 1 aromatic rings. The number of nitrogens with two attached hydrogens (primary N) is 1. The van der Waals surface area contributed by atoms with Crippen LogP contribution in [0.4, 0.5) is 0 Å². The summed E-state index contributed by atoms with van der Waals surface area (Å²) in [6.07, 6.45) is 5.86. The summed E-state index contributed by atoms with van der Waals surface area (Å²) in [5.41, 5.74) is 5.92. The van der Waals surface area contributed by atoms with Crippen LogP contribution in [0.2, 0.25) is 0 Å². The molecule has 1 aliphatic carbocycles. The predicted octanol–water partition coefficient (Wildman–Crippen LogP) is 1.37. The number of aromatic nitrogens is 1. The van der Waals surface area contributed by atoms with Crippen molar-refractivity contribution in [2.24, 2.45) is 5.73 Å². The Morgan fingerprint density at radius 3 is 2.88 bits per heavy atom. The molecule has 0 aromatic carbocycles. The van der Waals surface area contributed by atoms with E-state index in [4.69, 9.17) is 10.2 Å². The van der Waals surface area contributed by atoms with Crippen LogP contribution in [0.25, 0.3) is 0 Å². The standard InChI is InChI=1S/C11H17N3O2/c1-7(12)11-14-9(6-16-11)10(15)13-8-4-2-3-5-8/h6-8H,2-5,12H2,1H3,(H,13,15). The predicted molar refractivity (Wildman–Crippen MR) is 58.8 cm³/mol. The first-order valence-electron chi connectivity index (χ1n) is 5.68. The highest BCUT2D eigenvalue weighted by Crippen LogP contribution is 2.18. The number of amides is 1. The average molecular weight is 223 g/mol. The smallest absolute Gasteiger partial charge is 0.273 e. The summed E-state index contributed by atoms with van der Waals surface area (Å²) in [7, 11) is 0. The molecule has 3 N–H and O–H groups in total. The zero-order chi connectivity index (χ0) is 11.5. The minimum atomic E-state index is -0.284. The van der Waals surface area contributed by atoms with Crippen LogP contribution in [-0.2, 0) is 0 Å². The summed E-state index contributed by atoms with van der Waals surface area (Å²) >= 11 is 0. The van der Waals surface area contributed by atoms with Crippen molar-refractivity contribution in [2.75, 3.05) is 0 Å². The molecule has 88 valence electrons. The van der Waals surface area contributed by atoms with E-state index in [1.54, 1.807) is 6.92 Å². The molecule has 0 saturated heterocycles. The highest BCUT2D eigenvalue weighted by atomic mass is 16.3. The van der Waals surface area contributed by atoms with Crippen LogP contribution in [0, 0.1) is 0 Å². The van der Waals surface area contributed by atoms with Gasteiger partial charge in [0.15, 0.2) is 5.69 Å². The summed E-state index contributed by atoms with van der Waals surface area (Å²) < 4.78 is 5.11. The van der Waals surface area contributed by atoms with Crippen molar-refractivity contribution >= 4 is 5.91 Å². The molecule has 0 aliphatic heterocycles. The average Bonchev–Trinajstić information content (AvgIpc) is 2.86. The molecule has 2 rings (SSSR count). The lowest BCUT2D eigenvalue weighted by Gasteiger charge is -2.09. The number of rotatable bonds is 3. The fraction of sp³-hybridized carbons (Fsp3) is 0.636. The Balaban J connectivity index is 1.97. The first-order chi connectivity index (χ1) is 7.66. The van der Waals surface area contributed by atoms with Gasteiger partial charge in [-0.25, -0.2) is 4.98 Å². The maximum atomic E-state index is 11.8. The van der Waals surface area contributed by atoms with Crippen molar-refractivity contribution in [1.29, 1.82) is 0 Å². The third-order valence-electron chi connectivity index (χ3n) is 2.83. The lowest BCUT2D eigenvalue weighted by Crippen LogP contribution is -2.32. The van der Waals surface area contributed by atoms with Gasteiger partial charge in [-0.3, -0.25) is 4.79 Å². The van der Waals surface area contributed by atoms with Gasteiger partial charge in [-0.2, -0.15) is 0 Å². The van der Waals surface area contributed by atoms with Gasteiger partial charge in [0, 0.05) is 6.04 Å². The van der Waals surface area contributed by atoms with E-state index < -0.39 is 0 Å². The first-order valence-corrected chi connectivity index (χ1v) is 5.68. The third kappa shape index (κ3) is 2.41. The Morgan fingerprint density at radius 1 is 1.62 bits per heavy atom. The van der Waals surface area contributed by atoms with Gasteiger partial charge in [-0.05, 0) is 19.8 Å². The van der Waals surface area contributed by atoms with E-state index in [0.717, 1.165) is 12.8 Å². The summed E-state index contributed by atoms with van der Waals surface area (Å²) in [6.45, 7) is 1.77. The van der Waals surface area contributed by atoms with E-state index in [1.807, 2.05) is 0 Å². The minimum Gasteiger partial charge on any atom is -0.446 e. The number of carbonyl (C=O) groups excluding carboxylic acids is 1. The minimum absolute atomic E-state index is 0.164. The van der Waals surface area contributed by atoms with Crippen molar-refractivity contribution < 1.29 is 9.21 Å². The fourth-order valence-electron chi connectivity index (χ4n) is 1.93. The summed E-state index contributed by atoms with van der Waals surface area (Å²) in [4.78, 5) is 15.8. The fourth-order valence-corrected chi connectivity index (χ4v) is 1.93. The molecule has 1 amide bonds. The van der Waals surface area contributed by atoms with Crippen LogP contribution in [0.1, 0.15) is 55.0 Å².